The number of carbonyl (C=O) groups excluding carboxylic acids is 3. The molecule has 0 fully saturated rings. The van der Waals surface area contributed by atoms with E-state index >= 15 is 0 Å². The van der Waals surface area contributed by atoms with Gasteiger partial charge in [0, 0.05) is 44.6 Å². The lowest BCUT2D eigenvalue weighted by Gasteiger charge is -2.29. The molecule has 1 aliphatic heterocycles. The number of hydrogen-bond donors (Lipinski definition) is 2. The molecule has 3 amide bonds. The molecule has 2 aromatic heterocycles. The highest BCUT2D eigenvalue weighted by Crippen LogP contribution is 2.22. The fourth-order valence-corrected chi connectivity index (χ4v) is 4.74. The van der Waals surface area contributed by atoms with Gasteiger partial charge in [-0.1, -0.05) is 32.0 Å². The first-order valence-electron chi connectivity index (χ1n) is 14.0. The quantitative estimate of drug-likeness (QED) is 0.485. The summed E-state index contributed by atoms with van der Waals surface area (Å²) in [5, 5.41) is 10.8. The fraction of sp³-hybridized carbons (Fsp3) is 0.483. The van der Waals surface area contributed by atoms with E-state index in [2.05, 4.69) is 44.5 Å². The Hall–Kier alpha value is -4.35. The molecule has 12 heteroatoms. The van der Waals surface area contributed by atoms with Gasteiger partial charge in [0.25, 0.3) is 5.91 Å². The third-order valence-electron chi connectivity index (χ3n) is 7.11. The zero-order valence-electron chi connectivity index (χ0n) is 24.4. The van der Waals surface area contributed by atoms with Gasteiger partial charge in [-0.3, -0.25) is 14.4 Å². The van der Waals surface area contributed by atoms with Crippen LogP contribution in [0.4, 0.5) is 11.6 Å². The van der Waals surface area contributed by atoms with Crippen molar-refractivity contribution in [2.45, 2.75) is 65.6 Å². The Morgan fingerprint density at radius 1 is 1.10 bits per heavy atom. The number of nitrogens with one attached hydrogen (secondary N) is 2. The van der Waals surface area contributed by atoms with Crippen LogP contribution in [0.2, 0.25) is 0 Å². The molecule has 4 rings (SSSR count). The molecule has 0 bridgehead atoms. The minimum atomic E-state index is -0.657. The molecule has 0 saturated heterocycles. The molecule has 1 aliphatic rings. The highest BCUT2D eigenvalue weighted by atomic mass is 16.2. The molecule has 2 atom stereocenters. The number of benzene rings is 1. The third kappa shape index (κ3) is 7.65. The summed E-state index contributed by atoms with van der Waals surface area (Å²) in [4.78, 5) is 56.1. The van der Waals surface area contributed by atoms with Crippen LogP contribution in [0.5, 0.6) is 0 Å². The van der Waals surface area contributed by atoms with E-state index in [4.69, 9.17) is 0 Å². The number of aryl methyl sites for hydroxylation is 1. The van der Waals surface area contributed by atoms with E-state index in [0.717, 1.165) is 5.69 Å². The van der Waals surface area contributed by atoms with Crippen molar-refractivity contribution in [3.8, 4) is 0 Å². The molecule has 41 heavy (non-hydrogen) atoms. The van der Waals surface area contributed by atoms with Gasteiger partial charge >= 0.3 is 0 Å². The molecule has 0 unspecified atom stereocenters. The second-order valence-electron chi connectivity index (χ2n) is 10.8. The molecule has 3 aromatic rings. The van der Waals surface area contributed by atoms with Gasteiger partial charge < -0.3 is 20.4 Å². The third-order valence-corrected chi connectivity index (χ3v) is 7.11. The van der Waals surface area contributed by atoms with Gasteiger partial charge in [0.2, 0.25) is 17.8 Å². The Morgan fingerprint density at radius 2 is 1.80 bits per heavy atom. The maximum absolute atomic E-state index is 13.6. The first-order valence-corrected chi connectivity index (χ1v) is 14.0. The van der Waals surface area contributed by atoms with Crippen LogP contribution in [0.25, 0.3) is 0 Å². The molecule has 2 N–H and O–H groups in total. The molecule has 0 spiro atoms. The van der Waals surface area contributed by atoms with Crippen LogP contribution in [0, 0.1) is 12.8 Å². The van der Waals surface area contributed by atoms with E-state index < -0.39 is 6.04 Å². The predicted octanol–water partition coefficient (Wildman–Crippen LogP) is 3.11. The summed E-state index contributed by atoms with van der Waals surface area (Å²) in [7, 11) is 1.63. The Bertz CT molecular complexity index is 1340. The maximum Gasteiger partial charge on any atom is 0.257 e. The maximum atomic E-state index is 13.6. The number of anilines is 2. The van der Waals surface area contributed by atoms with Crippen molar-refractivity contribution < 1.29 is 14.4 Å². The van der Waals surface area contributed by atoms with Gasteiger partial charge in [0.15, 0.2) is 0 Å². The lowest BCUT2D eigenvalue weighted by Crippen LogP contribution is -2.47. The second-order valence-corrected chi connectivity index (χ2v) is 10.8. The predicted molar refractivity (Wildman–Crippen MR) is 154 cm³/mol. The van der Waals surface area contributed by atoms with Crippen molar-refractivity contribution in [3.05, 3.63) is 59.9 Å². The number of fused-ring (bicyclic) bond motifs is 1. The monoisotopic (exact) mass is 561 g/mol. The Labute approximate surface area is 240 Å². The fourth-order valence-electron chi connectivity index (χ4n) is 4.74. The van der Waals surface area contributed by atoms with Crippen LogP contribution in [-0.2, 0) is 16.1 Å². The van der Waals surface area contributed by atoms with Crippen LogP contribution < -0.4 is 10.6 Å². The van der Waals surface area contributed by atoms with E-state index in [0.29, 0.717) is 55.6 Å². The lowest BCUT2D eigenvalue weighted by atomic mass is 10.0. The van der Waals surface area contributed by atoms with Gasteiger partial charge in [-0.25, -0.2) is 19.6 Å². The zero-order chi connectivity index (χ0) is 29.5. The highest BCUT2D eigenvalue weighted by molar-refractivity contribution is 5.93. The van der Waals surface area contributed by atoms with Crippen molar-refractivity contribution in [1.29, 1.82) is 0 Å². The summed E-state index contributed by atoms with van der Waals surface area (Å²) in [6.45, 7) is 8.74. The molecule has 0 saturated carbocycles. The van der Waals surface area contributed by atoms with E-state index in [9.17, 15) is 14.4 Å². The Morgan fingerprint density at radius 3 is 2.49 bits per heavy atom. The number of carbonyl (C=O) groups is 3. The summed E-state index contributed by atoms with van der Waals surface area (Å²) < 4.78 is 1.78. The van der Waals surface area contributed by atoms with Crippen molar-refractivity contribution in [2.75, 3.05) is 25.5 Å². The summed E-state index contributed by atoms with van der Waals surface area (Å²) in [5.74, 6) is 1.25. The lowest BCUT2D eigenvalue weighted by molar-refractivity contribution is -0.138. The van der Waals surface area contributed by atoms with Crippen LogP contribution in [0.3, 0.4) is 0 Å². The smallest absolute Gasteiger partial charge is 0.257 e. The average Bonchev–Trinajstić information content (AvgIpc) is 3.33. The molecule has 0 aliphatic carbocycles. The van der Waals surface area contributed by atoms with Gasteiger partial charge in [0.05, 0.1) is 18.2 Å². The number of rotatable bonds is 5. The average molecular weight is 562 g/mol. The summed E-state index contributed by atoms with van der Waals surface area (Å²) in [6, 6.07) is 8.50. The topological polar surface area (TPSA) is 138 Å². The second kappa shape index (κ2) is 13.3. The number of hydrogen-bond acceptors (Lipinski definition) is 8. The van der Waals surface area contributed by atoms with Crippen LogP contribution >= 0.6 is 0 Å². The summed E-state index contributed by atoms with van der Waals surface area (Å²) >= 11 is 0. The van der Waals surface area contributed by atoms with Crippen LogP contribution in [0.1, 0.15) is 68.1 Å². The Balaban J connectivity index is 1.58. The van der Waals surface area contributed by atoms with Crippen LogP contribution in [0.15, 0.2) is 42.7 Å². The van der Waals surface area contributed by atoms with E-state index in [-0.39, 0.29) is 36.1 Å². The SMILES string of the molecule is Cc1nc2n(n1)CCN(C(=O)c1cnc(Nc3ccccc3)nc1)CCCC(=O)N(C)[C@@H](C)C(=O)N[C@@H]2CC(C)C. The normalized spacial score (nSPS) is 19.0. The van der Waals surface area contributed by atoms with Gasteiger partial charge in [-0.2, -0.15) is 5.10 Å². The highest BCUT2D eigenvalue weighted by Gasteiger charge is 2.29. The standard InChI is InChI=1S/C29H39N9O3/c1-19(2)16-24-26-32-21(4)35-38(26)15-14-37(13-9-12-25(39)36(5)20(3)27(40)34-24)28(41)22-17-30-29(31-18-22)33-23-10-7-6-8-11-23/h6-8,10-11,17-20,24H,9,12-16H2,1-5H3,(H,34,40)(H,30,31,33)/t20-,24+/m0/s1. The van der Waals surface area contributed by atoms with E-state index in [1.54, 1.807) is 23.6 Å². The minimum absolute atomic E-state index is 0.156. The Kier molecular flexibility index (Phi) is 9.64. The zero-order valence-corrected chi connectivity index (χ0v) is 24.4. The van der Waals surface area contributed by atoms with Gasteiger partial charge in [0.1, 0.15) is 17.7 Å². The minimum Gasteiger partial charge on any atom is -0.344 e. The van der Waals surface area contributed by atoms with Crippen LogP contribution in [-0.4, -0.2) is 78.4 Å². The van der Waals surface area contributed by atoms with Crippen molar-refractivity contribution in [3.63, 3.8) is 0 Å². The number of para-hydroxylation sites is 1. The summed E-state index contributed by atoms with van der Waals surface area (Å²) in [6.07, 6.45) is 4.31. The molecule has 0 radical (unpaired) electrons. The summed E-state index contributed by atoms with van der Waals surface area (Å²) in [5.41, 5.74) is 1.19. The first kappa shape index (κ1) is 29.6. The largest absolute Gasteiger partial charge is 0.344 e. The number of aromatic nitrogens is 5. The number of likely N-dealkylation sites (N-methyl/N-ethyl adjacent to an activating group) is 1. The molecule has 12 nitrogen and oxygen atoms in total. The number of nitrogens with zero attached hydrogens (tertiary/aromatic N) is 7. The van der Waals surface area contributed by atoms with E-state index in [1.165, 1.54) is 17.3 Å². The van der Waals surface area contributed by atoms with Crippen molar-refractivity contribution in [2.24, 2.45) is 5.92 Å². The van der Waals surface area contributed by atoms with E-state index in [1.807, 2.05) is 37.3 Å². The van der Waals surface area contributed by atoms with Crippen molar-refractivity contribution in [1.82, 2.24) is 39.8 Å². The molecular weight excluding hydrogens is 522 g/mol. The van der Waals surface area contributed by atoms with Crippen molar-refractivity contribution >= 4 is 29.4 Å². The van der Waals surface area contributed by atoms with Gasteiger partial charge in [-0.15, -0.1) is 0 Å². The molecular formula is C29H39N9O3. The number of amides is 3. The molecule has 1 aromatic carbocycles. The molecule has 218 valence electrons. The first-order chi connectivity index (χ1) is 19.6. The van der Waals surface area contributed by atoms with Gasteiger partial charge in [-0.05, 0) is 44.7 Å². The molecule has 3 heterocycles.